The van der Waals surface area contributed by atoms with E-state index >= 15 is 0 Å². The number of aryl methyl sites for hydroxylation is 1. The molecule has 2 heterocycles. The van der Waals surface area contributed by atoms with E-state index in [1.54, 1.807) is 6.33 Å². The lowest BCUT2D eigenvalue weighted by Crippen LogP contribution is -2.40. The molecule has 5 rings (SSSR count). The van der Waals surface area contributed by atoms with Crippen LogP contribution in [-0.4, -0.2) is 74.4 Å². The van der Waals surface area contributed by atoms with Crippen LogP contribution in [0.1, 0.15) is 18.4 Å². The molecule has 1 saturated carbocycles. The molecule has 2 aliphatic rings. The fourth-order valence-electron chi connectivity index (χ4n) is 3.71. The van der Waals surface area contributed by atoms with Crippen LogP contribution >= 0.6 is 0 Å². The van der Waals surface area contributed by atoms with Crippen molar-refractivity contribution >= 4 is 24.1 Å². The quantitative estimate of drug-likeness (QED) is 0.481. The van der Waals surface area contributed by atoms with Crippen LogP contribution in [0.4, 0.5) is 11.5 Å². The largest absolute Gasteiger partial charge is 0.388 e. The lowest BCUT2D eigenvalue weighted by molar-refractivity contribution is -0.122. The first-order valence-corrected chi connectivity index (χ1v) is 12.6. The summed E-state index contributed by atoms with van der Waals surface area (Å²) in [7, 11) is 5.78. The molecule has 8 heteroatoms. The minimum absolute atomic E-state index is 0.191. The van der Waals surface area contributed by atoms with Crippen molar-refractivity contribution in [3.8, 4) is 22.4 Å². The van der Waals surface area contributed by atoms with Gasteiger partial charge in [0, 0.05) is 50.4 Å². The van der Waals surface area contributed by atoms with Gasteiger partial charge in [0.15, 0.2) is 0 Å². The summed E-state index contributed by atoms with van der Waals surface area (Å²) in [6, 6.07) is 16.8. The van der Waals surface area contributed by atoms with Gasteiger partial charge in [0.1, 0.15) is 30.8 Å². The molecule has 1 unspecified atom stereocenters. The molecule has 2 N–H and O–H groups in total. The Balaban J connectivity index is 0.000000221. The number of aldehydes is 2. The molecule has 1 aromatic heterocycles. The highest BCUT2D eigenvalue weighted by Gasteiger charge is 2.19. The van der Waals surface area contributed by atoms with Crippen molar-refractivity contribution in [3.05, 3.63) is 60.4 Å². The van der Waals surface area contributed by atoms with Gasteiger partial charge in [0.2, 0.25) is 0 Å². The van der Waals surface area contributed by atoms with Gasteiger partial charge in [-0.15, -0.1) is 0 Å². The summed E-state index contributed by atoms with van der Waals surface area (Å²) in [5.41, 5.74) is 6.75. The van der Waals surface area contributed by atoms with Crippen LogP contribution < -0.4 is 10.6 Å². The maximum atomic E-state index is 10.2. The molecular weight excluding hydrogens is 466 g/mol. The van der Waals surface area contributed by atoms with E-state index < -0.39 is 0 Å². The summed E-state index contributed by atoms with van der Waals surface area (Å²) in [4.78, 5) is 30.4. The number of carbonyl (C=O) groups excluding carboxylic acids is 2. The second-order valence-corrected chi connectivity index (χ2v) is 9.18. The lowest BCUT2D eigenvalue weighted by Gasteiger charge is -2.26. The van der Waals surface area contributed by atoms with Crippen molar-refractivity contribution in [1.82, 2.24) is 14.9 Å². The van der Waals surface area contributed by atoms with Gasteiger partial charge in [-0.05, 0) is 61.7 Å². The van der Waals surface area contributed by atoms with Gasteiger partial charge >= 0.3 is 0 Å². The number of nitrogens with zero attached hydrogens (tertiary/aromatic N) is 3. The van der Waals surface area contributed by atoms with E-state index in [0.29, 0.717) is 12.5 Å². The van der Waals surface area contributed by atoms with Gasteiger partial charge in [-0.25, -0.2) is 9.97 Å². The first-order valence-electron chi connectivity index (χ1n) is 12.6. The Kier molecular flexibility index (Phi) is 10.7. The number of ether oxygens (including phenoxy) is 1. The van der Waals surface area contributed by atoms with E-state index in [2.05, 4.69) is 74.9 Å². The Morgan fingerprint density at radius 3 is 2.35 bits per heavy atom. The van der Waals surface area contributed by atoms with E-state index in [1.165, 1.54) is 16.7 Å². The van der Waals surface area contributed by atoms with E-state index in [4.69, 9.17) is 4.74 Å². The van der Waals surface area contributed by atoms with Crippen LogP contribution in [0.15, 0.2) is 54.9 Å². The SMILES string of the molecule is CN1CCOC(C=O)C1.CNc1ccc(C)c(-c2cccc(-c3cc(NC)ncn3)c2)c1.O=CC1CC1. The van der Waals surface area contributed by atoms with Crippen LogP contribution in [0.25, 0.3) is 22.4 Å². The molecule has 0 radical (unpaired) electrons. The molecule has 196 valence electrons. The topological polar surface area (TPSA) is 96.5 Å². The minimum atomic E-state index is -0.191. The average Bonchev–Trinajstić information content (AvgIpc) is 3.79. The monoisotopic (exact) mass is 503 g/mol. The lowest BCUT2D eigenvalue weighted by atomic mass is 9.97. The van der Waals surface area contributed by atoms with Gasteiger partial charge in [-0.1, -0.05) is 24.3 Å². The molecule has 1 atom stereocenters. The maximum Gasteiger partial charge on any atom is 0.150 e. The van der Waals surface area contributed by atoms with E-state index in [1.807, 2.05) is 27.2 Å². The smallest absolute Gasteiger partial charge is 0.150 e. The second kappa shape index (κ2) is 14.2. The van der Waals surface area contributed by atoms with Gasteiger partial charge in [-0.3, -0.25) is 0 Å². The number of aromatic nitrogens is 2. The number of rotatable bonds is 6. The third-order valence-electron chi connectivity index (χ3n) is 6.18. The first-order chi connectivity index (χ1) is 18.0. The molecular formula is C29H37N5O3. The molecule has 8 nitrogen and oxygen atoms in total. The van der Waals surface area contributed by atoms with Crippen LogP contribution in [-0.2, 0) is 14.3 Å². The molecule has 1 aliphatic carbocycles. The molecule has 1 aliphatic heterocycles. The fourth-order valence-corrected chi connectivity index (χ4v) is 3.71. The highest BCUT2D eigenvalue weighted by atomic mass is 16.5. The molecule has 0 spiro atoms. The van der Waals surface area contributed by atoms with Crippen molar-refractivity contribution in [3.63, 3.8) is 0 Å². The van der Waals surface area contributed by atoms with Gasteiger partial charge < -0.3 is 29.9 Å². The molecule has 3 aromatic rings. The fraction of sp³-hybridized carbons (Fsp3) is 0.379. The normalized spacial score (nSPS) is 16.8. The zero-order chi connectivity index (χ0) is 26.6. The number of hydrogen-bond donors (Lipinski definition) is 2. The summed E-state index contributed by atoms with van der Waals surface area (Å²) >= 11 is 0. The molecule has 37 heavy (non-hydrogen) atoms. The number of carbonyl (C=O) groups is 2. The summed E-state index contributed by atoms with van der Waals surface area (Å²) < 4.78 is 5.09. The second-order valence-electron chi connectivity index (χ2n) is 9.18. The molecule has 1 saturated heterocycles. The molecule has 0 bridgehead atoms. The molecule has 2 aromatic carbocycles. The Bertz CT molecular complexity index is 1170. The Morgan fingerprint density at radius 2 is 1.76 bits per heavy atom. The number of morpholine rings is 1. The van der Waals surface area contributed by atoms with Crippen LogP contribution in [0.2, 0.25) is 0 Å². The number of anilines is 2. The van der Waals surface area contributed by atoms with Gasteiger partial charge in [0.25, 0.3) is 0 Å². The van der Waals surface area contributed by atoms with Crippen molar-refractivity contribution in [2.24, 2.45) is 5.92 Å². The van der Waals surface area contributed by atoms with E-state index in [0.717, 1.165) is 61.3 Å². The predicted molar refractivity (Wildman–Crippen MR) is 149 cm³/mol. The van der Waals surface area contributed by atoms with Crippen molar-refractivity contribution < 1.29 is 14.3 Å². The zero-order valence-electron chi connectivity index (χ0n) is 22.1. The van der Waals surface area contributed by atoms with E-state index in [9.17, 15) is 9.59 Å². The maximum absolute atomic E-state index is 10.2. The zero-order valence-corrected chi connectivity index (χ0v) is 22.1. The number of likely N-dealkylation sites (N-methyl/N-ethyl adjacent to an activating group) is 1. The summed E-state index contributed by atoms with van der Waals surface area (Å²) in [6.45, 7) is 4.49. The van der Waals surface area contributed by atoms with Crippen molar-refractivity contribution in [2.45, 2.75) is 25.9 Å². The molecule has 2 fully saturated rings. The number of hydrogen-bond acceptors (Lipinski definition) is 8. The number of benzene rings is 2. The number of nitrogens with one attached hydrogen (secondary N) is 2. The Labute approximate surface area is 219 Å². The van der Waals surface area contributed by atoms with Crippen LogP contribution in [0.3, 0.4) is 0 Å². The summed E-state index contributed by atoms with van der Waals surface area (Å²) in [5.74, 6) is 1.27. The first kappa shape index (κ1) is 28.0. The predicted octanol–water partition coefficient (Wildman–Crippen LogP) is 4.31. The van der Waals surface area contributed by atoms with Crippen molar-refractivity contribution in [1.29, 1.82) is 0 Å². The van der Waals surface area contributed by atoms with Crippen molar-refractivity contribution in [2.75, 3.05) is 51.5 Å². The highest BCUT2D eigenvalue weighted by molar-refractivity contribution is 5.76. The standard InChI is InChI=1S/C19H20N4.C6H11NO2.C4H6O/c1-13-7-8-16(20-2)10-17(13)14-5-4-6-15(9-14)18-11-19(21-3)23-12-22-18;1-7-2-3-9-6(4-7)5-8;5-3-4-1-2-4/h4-12,20H,1-3H3,(H,21,22,23);5-6H,2-4H2,1H3;3-4H,1-2H2. The van der Waals surface area contributed by atoms with E-state index in [-0.39, 0.29) is 6.10 Å². The third kappa shape index (κ3) is 8.77. The van der Waals surface area contributed by atoms with Gasteiger partial charge in [0.05, 0.1) is 12.3 Å². The summed E-state index contributed by atoms with van der Waals surface area (Å²) in [6.07, 6.45) is 5.56. The highest BCUT2D eigenvalue weighted by Crippen LogP contribution is 2.30. The van der Waals surface area contributed by atoms with Gasteiger partial charge in [-0.2, -0.15) is 0 Å². The van der Waals surface area contributed by atoms with Crippen LogP contribution in [0, 0.1) is 12.8 Å². The minimum Gasteiger partial charge on any atom is -0.388 e. The summed E-state index contributed by atoms with van der Waals surface area (Å²) in [5, 5.41) is 6.25. The molecule has 0 amide bonds. The average molecular weight is 504 g/mol. The Hall–Kier alpha value is -3.62. The van der Waals surface area contributed by atoms with Crippen LogP contribution in [0.5, 0.6) is 0 Å². The third-order valence-corrected chi connectivity index (χ3v) is 6.18. The Morgan fingerprint density at radius 1 is 0.973 bits per heavy atom.